The SMILES string of the molecule is CC1(/C=N/Nc2ccncc2)CC1. The topological polar surface area (TPSA) is 37.3 Å². The van der Waals surface area contributed by atoms with E-state index in [2.05, 4.69) is 22.4 Å². The Morgan fingerprint density at radius 1 is 1.46 bits per heavy atom. The Bertz CT molecular complexity index is 301. The van der Waals surface area contributed by atoms with Gasteiger partial charge in [-0.15, -0.1) is 0 Å². The number of hydrogen-bond acceptors (Lipinski definition) is 3. The summed E-state index contributed by atoms with van der Waals surface area (Å²) in [6.45, 7) is 2.21. The summed E-state index contributed by atoms with van der Waals surface area (Å²) in [7, 11) is 0. The van der Waals surface area contributed by atoms with Crippen molar-refractivity contribution in [2.75, 3.05) is 5.43 Å². The summed E-state index contributed by atoms with van der Waals surface area (Å²) >= 11 is 0. The first kappa shape index (κ1) is 8.23. The monoisotopic (exact) mass is 175 g/mol. The van der Waals surface area contributed by atoms with Crippen molar-refractivity contribution in [2.45, 2.75) is 19.8 Å². The van der Waals surface area contributed by atoms with Gasteiger partial charge in [-0.3, -0.25) is 10.4 Å². The first-order valence-corrected chi connectivity index (χ1v) is 4.49. The lowest BCUT2D eigenvalue weighted by Gasteiger charge is -2.00. The van der Waals surface area contributed by atoms with Crippen LogP contribution in [0.25, 0.3) is 0 Å². The molecule has 1 fully saturated rings. The first-order chi connectivity index (χ1) is 6.29. The fraction of sp³-hybridized carbons (Fsp3) is 0.400. The predicted octanol–water partition coefficient (Wildman–Crippen LogP) is 2.28. The Labute approximate surface area is 77.9 Å². The second-order valence-corrected chi connectivity index (χ2v) is 3.76. The van der Waals surface area contributed by atoms with Crippen LogP contribution in [-0.2, 0) is 0 Å². The molecule has 3 heteroatoms. The second kappa shape index (κ2) is 3.17. The molecule has 2 rings (SSSR count). The van der Waals surface area contributed by atoms with Crippen molar-refractivity contribution >= 4 is 11.9 Å². The van der Waals surface area contributed by atoms with Crippen molar-refractivity contribution in [3.05, 3.63) is 24.5 Å². The molecule has 0 unspecified atom stereocenters. The van der Waals surface area contributed by atoms with Crippen molar-refractivity contribution in [3.8, 4) is 0 Å². The maximum Gasteiger partial charge on any atom is 0.0592 e. The van der Waals surface area contributed by atoms with Crippen LogP contribution in [0.15, 0.2) is 29.6 Å². The Morgan fingerprint density at radius 3 is 2.77 bits per heavy atom. The highest BCUT2D eigenvalue weighted by atomic mass is 15.3. The molecular weight excluding hydrogens is 162 g/mol. The molecule has 1 aromatic heterocycles. The molecule has 1 aromatic rings. The van der Waals surface area contributed by atoms with Crippen molar-refractivity contribution in [2.24, 2.45) is 10.5 Å². The molecule has 0 aliphatic heterocycles. The largest absolute Gasteiger partial charge is 0.279 e. The van der Waals surface area contributed by atoms with Crippen LogP contribution >= 0.6 is 0 Å². The average Bonchev–Trinajstić information content (AvgIpc) is 2.86. The minimum absolute atomic E-state index is 0.361. The third-order valence-corrected chi connectivity index (χ3v) is 2.29. The van der Waals surface area contributed by atoms with Crippen molar-refractivity contribution in [3.63, 3.8) is 0 Å². The predicted molar refractivity (Wildman–Crippen MR) is 53.7 cm³/mol. The molecule has 1 heterocycles. The van der Waals surface area contributed by atoms with Crippen LogP contribution in [0.3, 0.4) is 0 Å². The van der Waals surface area contributed by atoms with Crippen molar-refractivity contribution in [1.82, 2.24) is 4.98 Å². The number of anilines is 1. The van der Waals surface area contributed by atoms with Gasteiger partial charge in [0.1, 0.15) is 0 Å². The van der Waals surface area contributed by atoms with E-state index >= 15 is 0 Å². The van der Waals surface area contributed by atoms with Gasteiger partial charge in [0.15, 0.2) is 0 Å². The summed E-state index contributed by atoms with van der Waals surface area (Å²) in [4.78, 5) is 3.92. The van der Waals surface area contributed by atoms with Crippen LogP contribution in [-0.4, -0.2) is 11.2 Å². The van der Waals surface area contributed by atoms with Gasteiger partial charge in [-0.05, 0) is 25.0 Å². The van der Waals surface area contributed by atoms with E-state index in [0.717, 1.165) is 5.69 Å². The lowest BCUT2D eigenvalue weighted by atomic mass is 10.2. The summed E-state index contributed by atoms with van der Waals surface area (Å²) in [5.74, 6) is 0. The van der Waals surface area contributed by atoms with Crippen LogP contribution in [0.4, 0.5) is 5.69 Å². The van der Waals surface area contributed by atoms with Crippen LogP contribution in [0, 0.1) is 5.41 Å². The Balaban J connectivity index is 1.89. The minimum atomic E-state index is 0.361. The highest BCUT2D eigenvalue weighted by Crippen LogP contribution is 2.42. The lowest BCUT2D eigenvalue weighted by Crippen LogP contribution is -1.97. The Kier molecular flexibility index (Phi) is 2.00. The Hall–Kier alpha value is -1.38. The summed E-state index contributed by atoms with van der Waals surface area (Å²) in [5.41, 5.74) is 4.31. The molecule has 0 saturated heterocycles. The van der Waals surface area contributed by atoms with Gasteiger partial charge >= 0.3 is 0 Å². The quantitative estimate of drug-likeness (QED) is 0.565. The van der Waals surface area contributed by atoms with Gasteiger partial charge in [0.2, 0.25) is 0 Å². The van der Waals surface area contributed by atoms with Gasteiger partial charge in [-0.2, -0.15) is 5.10 Å². The molecule has 3 nitrogen and oxygen atoms in total. The molecule has 1 aliphatic carbocycles. The maximum atomic E-state index is 4.17. The number of hydrogen-bond donors (Lipinski definition) is 1. The number of rotatable bonds is 3. The van der Waals surface area contributed by atoms with Gasteiger partial charge in [-0.1, -0.05) is 6.92 Å². The zero-order valence-electron chi connectivity index (χ0n) is 7.70. The minimum Gasteiger partial charge on any atom is -0.279 e. The van der Waals surface area contributed by atoms with Gasteiger partial charge in [-0.25, -0.2) is 0 Å². The molecule has 13 heavy (non-hydrogen) atoms. The van der Waals surface area contributed by atoms with E-state index in [0.29, 0.717) is 5.41 Å². The summed E-state index contributed by atoms with van der Waals surface area (Å²) in [5, 5.41) is 4.17. The molecule has 0 atom stereocenters. The highest BCUT2D eigenvalue weighted by Gasteiger charge is 2.35. The van der Waals surface area contributed by atoms with Gasteiger partial charge in [0, 0.05) is 24.0 Å². The smallest absolute Gasteiger partial charge is 0.0592 e. The van der Waals surface area contributed by atoms with E-state index in [1.807, 2.05) is 18.3 Å². The van der Waals surface area contributed by atoms with Gasteiger partial charge < -0.3 is 0 Å². The zero-order chi connectivity index (χ0) is 9.15. The van der Waals surface area contributed by atoms with Crippen LogP contribution in [0.1, 0.15) is 19.8 Å². The average molecular weight is 175 g/mol. The number of hydrazone groups is 1. The highest BCUT2D eigenvalue weighted by molar-refractivity contribution is 5.69. The number of nitrogens with zero attached hydrogens (tertiary/aromatic N) is 2. The van der Waals surface area contributed by atoms with E-state index in [1.165, 1.54) is 12.8 Å². The van der Waals surface area contributed by atoms with Gasteiger partial charge in [0.25, 0.3) is 0 Å². The molecule has 0 aromatic carbocycles. The molecule has 1 N–H and O–H groups in total. The molecule has 1 aliphatic rings. The summed E-state index contributed by atoms with van der Waals surface area (Å²) < 4.78 is 0. The molecule has 0 spiro atoms. The van der Waals surface area contributed by atoms with Crippen molar-refractivity contribution in [1.29, 1.82) is 0 Å². The fourth-order valence-electron chi connectivity index (χ4n) is 1.02. The van der Waals surface area contributed by atoms with E-state index in [-0.39, 0.29) is 0 Å². The summed E-state index contributed by atoms with van der Waals surface area (Å²) in [6, 6.07) is 3.79. The van der Waals surface area contributed by atoms with Crippen LogP contribution in [0.2, 0.25) is 0 Å². The van der Waals surface area contributed by atoms with E-state index in [9.17, 15) is 0 Å². The van der Waals surface area contributed by atoms with E-state index in [1.54, 1.807) is 12.4 Å². The van der Waals surface area contributed by atoms with E-state index < -0.39 is 0 Å². The van der Waals surface area contributed by atoms with Crippen molar-refractivity contribution < 1.29 is 0 Å². The molecule has 0 amide bonds. The molecular formula is C10H13N3. The number of pyridine rings is 1. The molecule has 0 radical (unpaired) electrons. The summed E-state index contributed by atoms with van der Waals surface area (Å²) in [6.07, 6.45) is 8.00. The number of aromatic nitrogens is 1. The Morgan fingerprint density at radius 2 is 2.15 bits per heavy atom. The standard InChI is InChI=1S/C10H13N3/c1-10(4-5-10)8-12-13-9-2-6-11-7-3-9/h2-3,6-8H,4-5H2,1H3,(H,11,13)/b12-8+. The fourth-order valence-corrected chi connectivity index (χ4v) is 1.02. The zero-order valence-corrected chi connectivity index (χ0v) is 7.70. The third kappa shape index (κ3) is 2.28. The maximum absolute atomic E-state index is 4.17. The van der Waals surface area contributed by atoms with Crippen LogP contribution in [0.5, 0.6) is 0 Å². The van der Waals surface area contributed by atoms with Gasteiger partial charge in [0.05, 0.1) is 5.69 Å². The van der Waals surface area contributed by atoms with Crippen LogP contribution < -0.4 is 5.43 Å². The second-order valence-electron chi connectivity index (χ2n) is 3.76. The normalized spacial score (nSPS) is 18.8. The van der Waals surface area contributed by atoms with E-state index in [4.69, 9.17) is 0 Å². The lowest BCUT2D eigenvalue weighted by molar-refractivity contribution is 0.823. The third-order valence-electron chi connectivity index (χ3n) is 2.29. The molecule has 0 bridgehead atoms. The molecule has 68 valence electrons. The number of nitrogens with one attached hydrogen (secondary N) is 1. The molecule has 1 saturated carbocycles. The first-order valence-electron chi connectivity index (χ1n) is 4.49.